The average Bonchev–Trinajstić information content (AvgIpc) is 3.15. The first-order chi connectivity index (χ1) is 13.1. The predicted molar refractivity (Wildman–Crippen MR) is 102 cm³/mol. The molecule has 0 bridgehead atoms. The summed E-state index contributed by atoms with van der Waals surface area (Å²) in [4.78, 5) is 14.8. The number of carbonyl (C=O) groups is 1. The summed E-state index contributed by atoms with van der Waals surface area (Å²) in [6.07, 6.45) is -0.145. The van der Waals surface area contributed by atoms with Crippen LogP contribution in [0.1, 0.15) is 18.6 Å². The Kier molecular flexibility index (Phi) is 5.20. The Hall–Kier alpha value is -2.28. The maximum Gasteiger partial charge on any atom is 0.241 e. The van der Waals surface area contributed by atoms with E-state index in [0.717, 1.165) is 5.56 Å². The number of hydrogen-bond donors (Lipinski definition) is 1. The smallest absolute Gasteiger partial charge is 0.241 e. The highest BCUT2D eigenvalue weighted by atomic mass is 35.5. The lowest BCUT2D eigenvalue weighted by Crippen LogP contribution is -2.48. The zero-order valence-corrected chi connectivity index (χ0v) is 15.7. The molecule has 2 unspecified atom stereocenters. The van der Waals surface area contributed by atoms with E-state index >= 15 is 0 Å². The lowest BCUT2D eigenvalue weighted by Gasteiger charge is -2.36. The molecule has 1 N–H and O–H groups in total. The highest BCUT2D eigenvalue weighted by molar-refractivity contribution is 6.31. The van der Waals surface area contributed by atoms with Gasteiger partial charge in [0.1, 0.15) is 0 Å². The number of halogens is 1. The third-order valence-electron chi connectivity index (χ3n) is 4.92. The van der Waals surface area contributed by atoms with Gasteiger partial charge < -0.3 is 19.5 Å². The third-order valence-corrected chi connectivity index (χ3v) is 5.26. The van der Waals surface area contributed by atoms with E-state index < -0.39 is 0 Å². The normalized spacial score (nSPS) is 20.3. The van der Waals surface area contributed by atoms with Crippen molar-refractivity contribution in [1.29, 1.82) is 0 Å². The molecule has 0 saturated carbocycles. The van der Waals surface area contributed by atoms with Crippen LogP contribution in [0, 0.1) is 0 Å². The molecular weight excluding hydrogens is 368 g/mol. The molecule has 7 heteroatoms. The number of benzene rings is 2. The van der Waals surface area contributed by atoms with Crippen LogP contribution in [0.2, 0.25) is 5.02 Å². The minimum atomic E-state index is -0.302. The minimum Gasteiger partial charge on any atom is -0.454 e. The molecule has 27 heavy (non-hydrogen) atoms. The number of amides is 1. The van der Waals surface area contributed by atoms with Gasteiger partial charge in [0.05, 0.1) is 18.8 Å². The van der Waals surface area contributed by atoms with Crippen molar-refractivity contribution >= 4 is 23.2 Å². The van der Waals surface area contributed by atoms with E-state index in [1.54, 1.807) is 12.1 Å². The maximum absolute atomic E-state index is 12.7. The fourth-order valence-corrected chi connectivity index (χ4v) is 3.59. The van der Waals surface area contributed by atoms with Gasteiger partial charge >= 0.3 is 0 Å². The molecule has 2 aliphatic rings. The molecule has 2 aromatic carbocycles. The number of rotatable bonds is 4. The van der Waals surface area contributed by atoms with Gasteiger partial charge in [0, 0.05) is 35.4 Å². The number of ether oxygens (including phenoxy) is 3. The van der Waals surface area contributed by atoms with Crippen LogP contribution in [-0.2, 0) is 9.53 Å². The van der Waals surface area contributed by atoms with Gasteiger partial charge in [0.2, 0.25) is 12.7 Å². The van der Waals surface area contributed by atoms with E-state index in [0.29, 0.717) is 41.9 Å². The number of anilines is 1. The summed E-state index contributed by atoms with van der Waals surface area (Å²) in [6.45, 7) is 3.96. The molecule has 2 aromatic rings. The van der Waals surface area contributed by atoms with Crippen LogP contribution in [-0.4, -0.2) is 43.3 Å². The van der Waals surface area contributed by atoms with Crippen LogP contribution < -0.4 is 14.8 Å². The summed E-state index contributed by atoms with van der Waals surface area (Å²) >= 11 is 6.30. The Balaban J connectivity index is 1.41. The molecule has 2 aliphatic heterocycles. The van der Waals surface area contributed by atoms with E-state index in [-0.39, 0.29) is 24.8 Å². The molecule has 2 heterocycles. The predicted octanol–water partition coefficient (Wildman–Crippen LogP) is 3.47. The van der Waals surface area contributed by atoms with Crippen LogP contribution >= 0.6 is 11.6 Å². The maximum atomic E-state index is 12.7. The second kappa shape index (κ2) is 7.76. The molecule has 0 radical (unpaired) electrons. The van der Waals surface area contributed by atoms with Crippen molar-refractivity contribution in [3.05, 3.63) is 53.1 Å². The summed E-state index contributed by atoms with van der Waals surface area (Å²) in [5.41, 5.74) is 1.64. The second-order valence-corrected chi connectivity index (χ2v) is 7.02. The van der Waals surface area contributed by atoms with Crippen molar-refractivity contribution in [2.75, 3.05) is 31.8 Å². The highest BCUT2D eigenvalue weighted by Gasteiger charge is 2.29. The number of nitrogens with zero attached hydrogens (tertiary/aromatic N) is 1. The van der Waals surface area contributed by atoms with Crippen LogP contribution in [0.15, 0.2) is 42.5 Å². The molecule has 6 nitrogen and oxygen atoms in total. The van der Waals surface area contributed by atoms with Crippen molar-refractivity contribution in [2.24, 2.45) is 0 Å². The molecule has 0 aliphatic carbocycles. The topological polar surface area (TPSA) is 60.0 Å². The van der Waals surface area contributed by atoms with E-state index in [1.807, 2.05) is 37.3 Å². The van der Waals surface area contributed by atoms with Crippen molar-refractivity contribution in [3.63, 3.8) is 0 Å². The lowest BCUT2D eigenvalue weighted by atomic mass is 10.1. The molecule has 1 fully saturated rings. The van der Waals surface area contributed by atoms with E-state index in [2.05, 4.69) is 10.2 Å². The van der Waals surface area contributed by atoms with Gasteiger partial charge in [-0.05, 0) is 25.1 Å². The number of morpholine rings is 1. The number of carbonyl (C=O) groups excluding carboxylic acids is 1. The molecule has 0 spiro atoms. The molecular formula is C20H21ClN2O4. The first kappa shape index (κ1) is 18.1. The average molecular weight is 389 g/mol. The molecule has 142 valence electrons. The van der Waals surface area contributed by atoms with E-state index in [4.69, 9.17) is 25.8 Å². The molecule has 0 aromatic heterocycles. The SMILES string of the molecule is CC(C(=O)Nc1ccc2c(c1)OCO2)N1CCOC(c2ccccc2Cl)C1. The van der Waals surface area contributed by atoms with Crippen LogP contribution in [0.5, 0.6) is 11.5 Å². The van der Waals surface area contributed by atoms with Gasteiger partial charge in [0.15, 0.2) is 11.5 Å². The third kappa shape index (κ3) is 3.88. The zero-order chi connectivity index (χ0) is 18.8. The largest absolute Gasteiger partial charge is 0.454 e. The van der Waals surface area contributed by atoms with Gasteiger partial charge in [-0.2, -0.15) is 0 Å². The van der Waals surface area contributed by atoms with Crippen LogP contribution in [0.3, 0.4) is 0 Å². The van der Waals surface area contributed by atoms with Crippen molar-refractivity contribution in [1.82, 2.24) is 4.90 Å². The van der Waals surface area contributed by atoms with E-state index in [1.165, 1.54) is 0 Å². The first-order valence-electron chi connectivity index (χ1n) is 8.92. The van der Waals surface area contributed by atoms with Gasteiger partial charge in [0.25, 0.3) is 0 Å². The minimum absolute atomic E-state index is 0.0753. The standard InChI is InChI=1S/C20H21ClN2O4/c1-13(20(24)22-14-6-7-17-18(10-14)27-12-26-17)23-8-9-25-19(11-23)15-4-2-3-5-16(15)21/h2-7,10,13,19H,8-9,11-12H2,1H3,(H,22,24). The second-order valence-electron chi connectivity index (χ2n) is 6.61. The molecule has 4 rings (SSSR count). The Morgan fingerprint density at radius 2 is 2.04 bits per heavy atom. The number of hydrogen-bond acceptors (Lipinski definition) is 5. The van der Waals surface area contributed by atoms with Gasteiger partial charge in [-0.3, -0.25) is 9.69 Å². The fraction of sp³-hybridized carbons (Fsp3) is 0.350. The monoisotopic (exact) mass is 388 g/mol. The van der Waals surface area contributed by atoms with Crippen LogP contribution in [0.25, 0.3) is 0 Å². The van der Waals surface area contributed by atoms with E-state index in [9.17, 15) is 4.79 Å². The van der Waals surface area contributed by atoms with Gasteiger partial charge in [-0.1, -0.05) is 29.8 Å². The lowest BCUT2D eigenvalue weighted by molar-refractivity contribution is -0.124. The summed E-state index contributed by atoms with van der Waals surface area (Å²) in [5, 5.41) is 3.63. The Morgan fingerprint density at radius 1 is 1.22 bits per heavy atom. The Labute approximate surface area is 163 Å². The fourth-order valence-electron chi connectivity index (χ4n) is 3.33. The summed E-state index contributed by atoms with van der Waals surface area (Å²) < 4.78 is 16.5. The summed E-state index contributed by atoms with van der Waals surface area (Å²) in [5.74, 6) is 1.26. The number of nitrogens with one attached hydrogen (secondary N) is 1. The highest BCUT2D eigenvalue weighted by Crippen LogP contribution is 2.34. The molecule has 1 saturated heterocycles. The molecule has 1 amide bonds. The number of fused-ring (bicyclic) bond motifs is 1. The van der Waals surface area contributed by atoms with Crippen molar-refractivity contribution in [3.8, 4) is 11.5 Å². The van der Waals surface area contributed by atoms with Crippen molar-refractivity contribution < 1.29 is 19.0 Å². The molecule has 2 atom stereocenters. The van der Waals surface area contributed by atoms with Crippen LogP contribution in [0.4, 0.5) is 5.69 Å². The summed E-state index contributed by atoms with van der Waals surface area (Å²) in [6, 6.07) is 12.7. The summed E-state index contributed by atoms with van der Waals surface area (Å²) in [7, 11) is 0. The Morgan fingerprint density at radius 3 is 2.89 bits per heavy atom. The zero-order valence-electron chi connectivity index (χ0n) is 15.0. The Bertz CT molecular complexity index is 844. The first-order valence-corrected chi connectivity index (χ1v) is 9.30. The van der Waals surface area contributed by atoms with Gasteiger partial charge in [-0.25, -0.2) is 0 Å². The quantitative estimate of drug-likeness (QED) is 0.869. The van der Waals surface area contributed by atoms with Gasteiger partial charge in [-0.15, -0.1) is 0 Å². The van der Waals surface area contributed by atoms with Crippen molar-refractivity contribution in [2.45, 2.75) is 19.1 Å².